The van der Waals surface area contributed by atoms with E-state index >= 15 is 0 Å². The summed E-state index contributed by atoms with van der Waals surface area (Å²) in [7, 11) is -4.29. The van der Waals surface area contributed by atoms with Crippen LogP contribution in [-0.2, 0) is 32.7 Å². The minimum atomic E-state index is -4.29. The van der Waals surface area contributed by atoms with E-state index in [9.17, 15) is 19.0 Å². The van der Waals surface area contributed by atoms with E-state index in [0.29, 0.717) is 12.8 Å². The molecule has 8 nitrogen and oxygen atoms in total. The molecule has 2 atom stereocenters. The van der Waals surface area contributed by atoms with Gasteiger partial charge in [-0.2, -0.15) is 0 Å². The fourth-order valence-electron chi connectivity index (χ4n) is 7.56. The third-order valence-electron chi connectivity index (χ3n) is 11.4. The Morgan fingerprint density at radius 1 is 0.444 bits per heavy atom. The topological polar surface area (TPSA) is 108 Å². The number of carbonyl (C=O) groups excluding carboxylic acids is 2. The average molecular weight is 907 g/mol. The second-order valence-electron chi connectivity index (χ2n) is 17.5. The molecule has 0 amide bonds. The molecule has 0 saturated heterocycles. The van der Waals surface area contributed by atoms with Gasteiger partial charge < -0.3 is 14.4 Å². The van der Waals surface area contributed by atoms with Gasteiger partial charge in [-0.1, -0.05) is 236 Å². The van der Waals surface area contributed by atoms with E-state index in [4.69, 9.17) is 18.5 Å². The molecule has 0 aromatic carbocycles. The fourth-order valence-corrected chi connectivity index (χ4v) is 8.32. The number of hydrogen-bond acceptors (Lipinski definition) is 7. The molecule has 0 aliphatic rings. The standard InChI is InChI=1S/C54H99O8P/c1-4-7-9-11-13-15-17-19-21-23-25-27-28-29-31-33-35-37-39-41-43-45-47-49-54(56)62-52(51-61-63(57,58)60-6-3)50-59-53(55)48-46-44-42-40-38-36-34-32-30-26-24-22-20-18-16-14-12-10-8-5-2/h7,9,13,15,19,21,25,27,52H,4-6,8,10-12,14,16-18,20,22-24,26,28-51H2,1-3H3,(H,57,58)/b9-7-,15-13-,21-19-,27-25-. The zero-order valence-electron chi connectivity index (χ0n) is 41.2. The van der Waals surface area contributed by atoms with Crippen LogP contribution in [0.3, 0.4) is 0 Å². The molecular formula is C54H99O8P. The van der Waals surface area contributed by atoms with Gasteiger partial charge in [-0.15, -0.1) is 0 Å². The maximum atomic E-state index is 12.6. The van der Waals surface area contributed by atoms with Gasteiger partial charge in [0.15, 0.2) is 6.10 Å². The Morgan fingerprint density at radius 3 is 1.22 bits per heavy atom. The van der Waals surface area contributed by atoms with Crippen LogP contribution in [0.2, 0.25) is 0 Å². The lowest BCUT2D eigenvalue weighted by molar-refractivity contribution is -0.161. The molecule has 63 heavy (non-hydrogen) atoms. The van der Waals surface area contributed by atoms with Crippen LogP contribution in [0.4, 0.5) is 0 Å². The van der Waals surface area contributed by atoms with Crippen LogP contribution in [0.5, 0.6) is 0 Å². The van der Waals surface area contributed by atoms with Gasteiger partial charge in [0.25, 0.3) is 0 Å². The highest BCUT2D eigenvalue weighted by molar-refractivity contribution is 7.47. The number of esters is 2. The Bertz CT molecular complexity index is 1160. The van der Waals surface area contributed by atoms with Crippen molar-refractivity contribution in [2.45, 2.75) is 264 Å². The highest BCUT2D eigenvalue weighted by atomic mass is 31.2. The van der Waals surface area contributed by atoms with Gasteiger partial charge in [-0.05, 0) is 58.3 Å². The maximum Gasteiger partial charge on any atom is 0.472 e. The van der Waals surface area contributed by atoms with Crippen LogP contribution in [0, 0.1) is 0 Å². The molecule has 0 aliphatic heterocycles. The van der Waals surface area contributed by atoms with Gasteiger partial charge in [0, 0.05) is 12.8 Å². The molecule has 0 aliphatic carbocycles. The van der Waals surface area contributed by atoms with Crippen LogP contribution in [0.25, 0.3) is 0 Å². The molecule has 0 rings (SSSR count). The molecule has 9 heteroatoms. The van der Waals surface area contributed by atoms with Crippen molar-refractivity contribution in [1.29, 1.82) is 0 Å². The van der Waals surface area contributed by atoms with Crippen LogP contribution < -0.4 is 0 Å². The third kappa shape index (κ3) is 49.3. The predicted molar refractivity (Wildman–Crippen MR) is 267 cm³/mol. The summed E-state index contributed by atoms with van der Waals surface area (Å²) in [5, 5.41) is 0. The van der Waals surface area contributed by atoms with E-state index in [1.165, 1.54) is 148 Å². The first-order valence-corrected chi connectivity index (χ1v) is 27.9. The number of phosphoric acid groups is 1. The summed E-state index contributed by atoms with van der Waals surface area (Å²) in [6, 6.07) is 0. The van der Waals surface area contributed by atoms with E-state index in [2.05, 4.69) is 62.5 Å². The minimum absolute atomic E-state index is 0.0000530. The quantitative estimate of drug-likeness (QED) is 0.0278. The van der Waals surface area contributed by atoms with Crippen LogP contribution in [0.15, 0.2) is 48.6 Å². The van der Waals surface area contributed by atoms with E-state index in [1.807, 2.05) is 0 Å². The SMILES string of the molecule is CC/C=C\C/C=C\C/C=C\C/C=C\CCCCCCCCCCCCC(=O)OC(COC(=O)CCCCCCCCCCCCCCCCCCCCCC)COP(=O)(O)OCC. The summed E-state index contributed by atoms with van der Waals surface area (Å²) in [6.07, 6.45) is 60.3. The van der Waals surface area contributed by atoms with Crippen molar-refractivity contribution in [2.24, 2.45) is 0 Å². The Hall–Kier alpha value is -1.99. The zero-order valence-corrected chi connectivity index (χ0v) is 42.1. The lowest BCUT2D eigenvalue weighted by Gasteiger charge is -2.19. The summed E-state index contributed by atoms with van der Waals surface area (Å²) < 4.78 is 32.8. The van der Waals surface area contributed by atoms with E-state index < -0.39 is 26.5 Å². The van der Waals surface area contributed by atoms with Gasteiger partial charge >= 0.3 is 19.8 Å². The summed E-state index contributed by atoms with van der Waals surface area (Å²) in [4.78, 5) is 35.0. The number of allylic oxidation sites excluding steroid dienone is 8. The summed E-state index contributed by atoms with van der Waals surface area (Å²) >= 11 is 0. The average Bonchev–Trinajstić information content (AvgIpc) is 3.26. The summed E-state index contributed by atoms with van der Waals surface area (Å²) in [5.41, 5.74) is 0. The van der Waals surface area contributed by atoms with Crippen LogP contribution in [0.1, 0.15) is 258 Å². The number of ether oxygens (including phenoxy) is 2. The van der Waals surface area contributed by atoms with Gasteiger partial charge in [0.1, 0.15) is 6.61 Å². The predicted octanol–water partition coefficient (Wildman–Crippen LogP) is 17.3. The maximum absolute atomic E-state index is 12.6. The molecule has 0 saturated carbocycles. The summed E-state index contributed by atoms with van der Waals surface area (Å²) in [5.74, 6) is -0.791. The first kappa shape index (κ1) is 61.0. The van der Waals surface area contributed by atoms with Crippen molar-refractivity contribution in [3.63, 3.8) is 0 Å². The van der Waals surface area contributed by atoms with E-state index in [1.54, 1.807) is 6.92 Å². The van der Waals surface area contributed by atoms with Gasteiger partial charge in [0.05, 0.1) is 13.2 Å². The first-order valence-electron chi connectivity index (χ1n) is 26.4. The molecule has 0 bridgehead atoms. The Kier molecular flexibility index (Phi) is 47.9. The van der Waals surface area contributed by atoms with Crippen molar-refractivity contribution in [3.8, 4) is 0 Å². The molecular weight excluding hydrogens is 808 g/mol. The minimum Gasteiger partial charge on any atom is -0.462 e. The van der Waals surface area contributed by atoms with Crippen LogP contribution in [-0.4, -0.2) is 42.8 Å². The number of hydrogen-bond donors (Lipinski definition) is 1. The van der Waals surface area contributed by atoms with Crippen molar-refractivity contribution in [1.82, 2.24) is 0 Å². The molecule has 0 spiro atoms. The second kappa shape index (κ2) is 49.4. The molecule has 0 heterocycles. The van der Waals surface area contributed by atoms with Crippen molar-refractivity contribution < 1.29 is 37.6 Å². The van der Waals surface area contributed by atoms with Crippen molar-refractivity contribution in [2.75, 3.05) is 19.8 Å². The van der Waals surface area contributed by atoms with Crippen LogP contribution >= 0.6 is 7.82 Å². The molecule has 1 N–H and O–H groups in total. The molecule has 368 valence electrons. The smallest absolute Gasteiger partial charge is 0.462 e. The van der Waals surface area contributed by atoms with Gasteiger partial charge in [0.2, 0.25) is 0 Å². The summed E-state index contributed by atoms with van der Waals surface area (Å²) in [6.45, 7) is 5.41. The number of carbonyl (C=O) groups is 2. The molecule has 0 fully saturated rings. The monoisotopic (exact) mass is 907 g/mol. The normalized spacial score (nSPS) is 13.5. The van der Waals surface area contributed by atoms with Gasteiger partial charge in [-0.25, -0.2) is 4.57 Å². The number of phosphoric ester groups is 1. The third-order valence-corrected chi connectivity index (χ3v) is 12.5. The second-order valence-corrected chi connectivity index (χ2v) is 19.0. The Labute approximate surface area is 388 Å². The fraction of sp³-hybridized carbons (Fsp3) is 0.815. The molecule has 0 aromatic rings. The van der Waals surface area contributed by atoms with E-state index in [-0.39, 0.29) is 25.6 Å². The lowest BCUT2D eigenvalue weighted by atomic mass is 10.0. The molecule has 2 unspecified atom stereocenters. The zero-order chi connectivity index (χ0) is 46.0. The Balaban J connectivity index is 3.95. The number of rotatable bonds is 49. The highest BCUT2D eigenvalue weighted by Crippen LogP contribution is 2.43. The number of unbranched alkanes of at least 4 members (excludes halogenated alkanes) is 29. The first-order chi connectivity index (χ1) is 30.8. The highest BCUT2D eigenvalue weighted by Gasteiger charge is 2.25. The Morgan fingerprint density at radius 2 is 0.810 bits per heavy atom. The van der Waals surface area contributed by atoms with Crippen molar-refractivity contribution >= 4 is 19.8 Å². The lowest BCUT2D eigenvalue weighted by Crippen LogP contribution is -2.29. The molecule has 0 aromatic heterocycles. The van der Waals surface area contributed by atoms with E-state index in [0.717, 1.165) is 70.6 Å². The van der Waals surface area contributed by atoms with Crippen molar-refractivity contribution in [3.05, 3.63) is 48.6 Å². The largest absolute Gasteiger partial charge is 0.472 e. The molecule has 0 radical (unpaired) electrons. The van der Waals surface area contributed by atoms with Gasteiger partial charge in [-0.3, -0.25) is 18.6 Å².